The normalized spacial score (nSPS) is 14.6. The number of nitrogens with two attached hydrogens (primary N) is 2. The molecule has 0 spiro atoms. The summed E-state index contributed by atoms with van der Waals surface area (Å²) in [5, 5.41) is 19.5. The Labute approximate surface area is 311 Å². The molecule has 0 unspecified atom stereocenters. The fourth-order valence-corrected chi connectivity index (χ4v) is 5.86. The lowest BCUT2D eigenvalue weighted by molar-refractivity contribution is -0.131. The highest BCUT2D eigenvalue weighted by Crippen LogP contribution is 2.18. The number of anilines is 1. The molecule has 280 valence electrons. The molecule has 2 aromatic carbocycles. The van der Waals surface area contributed by atoms with Crippen LogP contribution in [0.5, 0.6) is 0 Å². The number of aliphatic imine (C=N–C) groups is 1. The fourth-order valence-electron chi connectivity index (χ4n) is 5.67. The van der Waals surface area contributed by atoms with Crippen molar-refractivity contribution < 1.29 is 24.0 Å². The molecular formula is C36H44ClN11O5. The molecule has 4 rings (SSSR count). The lowest BCUT2D eigenvalue weighted by Gasteiger charge is -2.28. The third-order valence-electron chi connectivity index (χ3n) is 8.32. The molecule has 1 fully saturated rings. The minimum absolute atomic E-state index is 0.0349. The Bertz CT molecular complexity index is 1800. The van der Waals surface area contributed by atoms with Gasteiger partial charge >= 0.3 is 0 Å². The summed E-state index contributed by atoms with van der Waals surface area (Å²) in [6.07, 6.45) is 10.5. The third kappa shape index (κ3) is 13.7. The number of halogens is 1. The smallest absolute Gasteiger partial charge is 0.263 e. The van der Waals surface area contributed by atoms with E-state index in [-0.39, 0.29) is 37.2 Å². The van der Waals surface area contributed by atoms with Crippen molar-refractivity contribution in [2.45, 2.75) is 75.5 Å². The Morgan fingerprint density at radius 2 is 1.68 bits per heavy atom. The number of nitrogens with one attached hydrogen (secondary N) is 5. The molecule has 1 aliphatic carbocycles. The van der Waals surface area contributed by atoms with Gasteiger partial charge in [-0.3, -0.25) is 29.5 Å². The number of carbonyl (C=O) groups excluding carboxylic acids is 5. The molecule has 0 bridgehead atoms. The Hall–Kier alpha value is -5.83. The van der Waals surface area contributed by atoms with Gasteiger partial charge in [-0.15, -0.1) is 5.10 Å². The number of aromatic nitrogens is 3. The van der Waals surface area contributed by atoms with Crippen LogP contribution in [-0.2, 0) is 30.4 Å². The Balaban J connectivity index is 1.47. The largest absolute Gasteiger partial charge is 0.370 e. The van der Waals surface area contributed by atoms with Crippen LogP contribution >= 0.6 is 11.6 Å². The summed E-state index contributed by atoms with van der Waals surface area (Å²) in [5.41, 5.74) is 14.9. The average molecular weight is 746 g/mol. The average Bonchev–Trinajstić information content (AvgIpc) is 3.58. The Morgan fingerprint density at radius 3 is 2.40 bits per heavy atom. The van der Waals surface area contributed by atoms with Gasteiger partial charge < -0.3 is 27.4 Å². The van der Waals surface area contributed by atoms with Gasteiger partial charge in [0.2, 0.25) is 17.7 Å². The van der Waals surface area contributed by atoms with Crippen LogP contribution in [0.1, 0.15) is 56.1 Å². The van der Waals surface area contributed by atoms with Crippen LogP contribution in [-0.4, -0.2) is 81.3 Å². The van der Waals surface area contributed by atoms with E-state index in [4.69, 9.17) is 23.1 Å². The van der Waals surface area contributed by atoms with E-state index >= 15 is 0 Å². The highest BCUT2D eigenvalue weighted by atomic mass is 35.5. The lowest BCUT2D eigenvalue weighted by atomic mass is 9.95. The van der Waals surface area contributed by atoms with Crippen molar-refractivity contribution in [3.05, 3.63) is 89.1 Å². The van der Waals surface area contributed by atoms with Crippen molar-refractivity contribution in [1.82, 2.24) is 31.1 Å². The van der Waals surface area contributed by atoms with Crippen LogP contribution < -0.4 is 38.2 Å². The number of rotatable bonds is 18. The van der Waals surface area contributed by atoms with Gasteiger partial charge in [-0.25, -0.2) is 10.2 Å². The highest BCUT2D eigenvalue weighted by Gasteiger charge is 2.30. The maximum Gasteiger partial charge on any atom is 0.263 e. The van der Waals surface area contributed by atoms with Gasteiger partial charge in [0.25, 0.3) is 5.91 Å². The van der Waals surface area contributed by atoms with Crippen LogP contribution in [0.4, 0.5) is 5.82 Å². The third-order valence-corrected chi connectivity index (χ3v) is 8.66. The van der Waals surface area contributed by atoms with Gasteiger partial charge in [-0.2, -0.15) is 4.79 Å². The zero-order valence-corrected chi connectivity index (χ0v) is 29.8. The van der Waals surface area contributed by atoms with Crippen LogP contribution in [0.3, 0.4) is 0 Å². The van der Waals surface area contributed by atoms with Gasteiger partial charge in [0.1, 0.15) is 24.1 Å². The minimum Gasteiger partial charge on any atom is -0.370 e. The summed E-state index contributed by atoms with van der Waals surface area (Å²) in [4.78, 5) is 69.7. The summed E-state index contributed by atoms with van der Waals surface area (Å²) in [5.74, 6) is -0.793. The van der Waals surface area contributed by atoms with Crippen molar-refractivity contribution in [3.8, 4) is 0 Å². The second-order valence-corrected chi connectivity index (χ2v) is 12.8. The van der Waals surface area contributed by atoms with E-state index in [1.807, 2.05) is 6.07 Å². The number of guanidine groups is 1. The van der Waals surface area contributed by atoms with Gasteiger partial charge in [-0.1, -0.05) is 79.4 Å². The van der Waals surface area contributed by atoms with Gasteiger partial charge in [0.15, 0.2) is 11.8 Å². The molecular weight excluding hydrogens is 702 g/mol. The molecule has 16 nitrogen and oxygen atoms in total. The molecule has 1 aromatic heterocycles. The Kier molecular flexibility index (Phi) is 15.7. The summed E-state index contributed by atoms with van der Waals surface area (Å²) in [6.45, 7) is 0.189. The molecule has 1 aliphatic rings. The Morgan fingerprint density at radius 1 is 0.962 bits per heavy atom. The molecule has 0 radical (unpaired) electrons. The van der Waals surface area contributed by atoms with E-state index in [1.165, 1.54) is 12.3 Å². The maximum atomic E-state index is 13.8. The van der Waals surface area contributed by atoms with Crippen LogP contribution in [0.2, 0.25) is 5.02 Å². The highest BCUT2D eigenvalue weighted by molar-refractivity contribution is 6.32. The van der Waals surface area contributed by atoms with Gasteiger partial charge in [0, 0.05) is 36.2 Å². The first-order chi connectivity index (χ1) is 25.6. The van der Waals surface area contributed by atoms with Crippen LogP contribution in [0.25, 0.3) is 6.08 Å². The molecule has 4 amide bonds. The maximum absolute atomic E-state index is 13.8. The van der Waals surface area contributed by atoms with Crippen molar-refractivity contribution in [3.63, 3.8) is 0 Å². The van der Waals surface area contributed by atoms with Crippen molar-refractivity contribution >= 4 is 59.0 Å². The first-order valence-corrected chi connectivity index (χ1v) is 17.6. The standard InChI is InChI=1S/C36H44ClN11O5/c37-27-15-8-7-12-25(27)17-18-32(50)44-31-23-48(47-45-31)46-35(53)30(22-24-10-3-1-4-11-24)43-33(51)28(16-9-20-40-36(38)39)42-34(52)29(19-21-49)41-26-13-5-2-6-14-26/h1,3-4,7-8,10-12,15,17-19,23,26,28-30,41H,2,5-6,9,13-14,16,20,22H2,(H,42,52)(H,43,51)(H,44,50)(H,46,53)(H4,38,39,40)/t28-,29-,30-/m0/s1. The monoisotopic (exact) mass is 745 g/mol. The lowest BCUT2D eigenvalue weighted by Crippen LogP contribution is -2.57. The predicted molar refractivity (Wildman–Crippen MR) is 201 cm³/mol. The minimum atomic E-state index is -1.14. The molecule has 0 saturated heterocycles. The molecule has 17 heteroatoms. The number of hydrogen-bond acceptors (Lipinski definition) is 9. The zero-order chi connectivity index (χ0) is 38.0. The molecule has 3 aromatic rings. The van der Waals surface area contributed by atoms with Gasteiger partial charge in [0.05, 0.1) is 6.20 Å². The summed E-state index contributed by atoms with van der Waals surface area (Å²) >= 11 is 6.14. The number of benzene rings is 2. The van der Waals surface area contributed by atoms with Crippen LogP contribution in [0, 0.1) is 0 Å². The van der Waals surface area contributed by atoms with E-state index < -0.39 is 41.8 Å². The predicted octanol–water partition coefficient (Wildman–Crippen LogP) is 1.60. The fraction of sp³-hybridized carbons (Fsp3) is 0.361. The summed E-state index contributed by atoms with van der Waals surface area (Å²) < 4.78 is 0. The second kappa shape index (κ2) is 20.9. The quantitative estimate of drug-likeness (QED) is 0.0326. The summed E-state index contributed by atoms with van der Waals surface area (Å²) in [6, 6.07) is 12.8. The van der Waals surface area contributed by atoms with Crippen molar-refractivity contribution in [2.24, 2.45) is 16.5 Å². The first-order valence-electron chi connectivity index (χ1n) is 17.2. The van der Waals surface area contributed by atoms with E-state index in [1.54, 1.807) is 60.5 Å². The van der Waals surface area contributed by atoms with E-state index in [0.717, 1.165) is 48.5 Å². The van der Waals surface area contributed by atoms with Crippen molar-refractivity contribution in [1.29, 1.82) is 0 Å². The van der Waals surface area contributed by atoms with Gasteiger partial charge in [-0.05, 0) is 54.2 Å². The zero-order valence-electron chi connectivity index (χ0n) is 29.0. The molecule has 9 N–H and O–H groups in total. The van der Waals surface area contributed by atoms with Crippen LogP contribution in [0.15, 0.2) is 77.9 Å². The first kappa shape index (κ1) is 39.9. The number of hydrogen-bond donors (Lipinski definition) is 7. The number of amides is 4. The molecule has 53 heavy (non-hydrogen) atoms. The topological polar surface area (TPSA) is 241 Å². The van der Waals surface area contributed by atoms with E-state index in [0.29, 0.717) is 17.0 Å². The summed E-state index contributed by atoms with van der Waals surface area (Å²) in [7, 11) is 0. The number of nitrogens with zero attached hydrogens (tertiary/aromatic N) is 4. The van der Waals surface area contributed by atoms with E-state index in [2.05, 4.69) is 42.0 Å². The molecule has 1 heterocycles. The number of carbonyl (C=O) groups is 4. The SMILES string of the molecule is NC(N)=NCCC[C@H](NC(=O)[C@H](C=C=O)NC1CCCCC1)C(=O)N[C@@H](Cc1ccccc1)C(=O)Nn1cc(NC(=O)C=Cc2ccccc2Cl)nn1. The molecule has 1 saturated carbocycles. The molecule has 0 aliphatic heterocycles. The second-order valence-electron chi connectivity index (χ2n) is 12.4. The van der Waals surface area contributed by atoms with E-state index in [9.17, 15) is 24.0 Å². The van der Waals surface area contributed by atoms with Crippen molar-refractivity contribution in [2.75, 3.05) is 17.3 Å². The molecule has 3 atom stereocenters.